The average Bonchev–Trinajstić information content (AvgIpc) is 2.55. The fourth-order valence-electron chi connectivity index (χ4n) is 2.08. The summed E-state index contributed by atoms with van der Waals surface area (Å²) in [5, 5.41) is 0. The Morgan fingerprint density at radius 1 is 1.16 bits per heavy atom. The van der Waals surface area contributed by atoms with Gasteiger partial charge in [0.25, 0.3) is 5.91 Å². The van der Waals surface area contributed by atoms with Crippen molar-refractivity contribution in [2.24, 2.45) is 0 Å². The molecular weight excluding hydrogens is 340 g/mol. The largest absolute Gasteiger partial charge is 0.492 e. The van der Waals surface area contributed by atoms with Crippen molar-refractivity contribution in [3.05, 3.63) is 59.2 Å². The fourth-order valence-corrected chi connectivity index (χ4v) is 2.08. The quantitative estimate of drug-likeness (QED) is 0.768. The first kappa shape index (κ1) is 18.7. The molecule has 1 aromatic heterocycles. The lowest BCUT2D eigenvalue weighted by Crippen LogP contribution is -2.31. The van der Waals surface area contributed by atoms with Crippen LogP contribution in [0, 0.1) is 12.7 Å². The van der Waals surface area contributed by atoms with Crippen LogP contribution in [0.1, 0.15) is 21.7 Å². The highest BCUT2D eigenvalue weighted by atomic mass is 19.4. The molecule has 1 heterocycles. The van der Waals surface area contributed by atoms with Crippen molar-refractivity contribution >= 4 is 5.91 Å². The molecule has 25 heavy (non-hydrogen) atoms. The third-order valence-electron chi connectivity index (χ3n) is 3.46. The van der Waals surface area contributed by atoms with Gasteiger partial charge in [0.05, 0.1) is 17.8 Å². The van der Waals surface area contributed by atoms with Crippen molar-refractivity contribution in [2.75, 3.05) is 20.2 Å². The van der Waals surface area contributed by atoms with Gasteiger partial charge in [-0.3, -0.25) is 4.79 Å². The molecule has 8 heteroatoms. The highest BCUT2D eigenvalue weighted by Gasteiger charge is 2.33. The number of hydrogen-bond acceptors (Lipinski definition) is 3. The Hall–Kier alpha value is -2.64. The first-order valence-electron chi connectivity index (χ1n) is 7.37. The van der Waals surface area contributed by atoms with Crippen molar-refractivity contribution < 1.29 is 27.1 Å². The summed E-state index contributed by atoms with van der Waals surface area (Å²) in [6.07, 6.45) is -4.55. The van der Waals surface area contributed by atoms with E-state index in [0.717, 1.165) is 12.1 Å². The van der Waals surface area contributed by atoms with E-state index in [1.165, 1.54) is 43.1 Å². The van der Waals surface area contributed by atoms with Crippen molar-refractivity contribution in [1.29, 1.82) is 0 Å². The van der Waals surface area contributed by atoms with Crippen molar-refractivity contribution in [3.8, 4) is 5.75 Å². The molecule has 0 aliphatic carbocycles. The minimum Gasteiger partial charge on any atom is -0.492 e. The molecular formula is C17H16F4N2O2. The molecule has 2 aromatic rings. The number of rotatable bonds is 5. The molecule has 0 bridgehead atoms. The Kier molecular flexibility index (Phi) is 5.61. The molecule has 134 valence electrons. The standard InChI is InChI=1S/C17H16F4N2O2/c1-11-14(7-8-15(22-11)17(19,20)21)16(24)23(2)9-10-25-13-5-3-12(18)4-6-13/h3-8H,9-10H2,1-2H3. The van der Waals surface area contributed by atoms with Crippen LogP contribution < -0.4 is 4.74 Å². The number of likely N-dealkylation sites (N-methyl/N-ethyl adjacent to an activating group) is 1. The molecule has 0 aliphatic heterocycles. The Morgan fingerprint density at radius 3 is 2.36 bits per heavy atom. The number of benzene rings is 1. The Morgan fingerprint density at radius 2 is 1.80 bits per heavy atom. The van der Waals surface area contributed by atoms with Gasteiger partial charge < -0.3 is 9.64 Å². The number of carbonyl (C=O) groups is 1. The summed E-state index contributed by atoms with van der Waals surface area (Å²) in [5.41, 5.74) is -0.938. The van der Waals surface area contributed by atoms with Gasteiger partial charge in [-0.25, -0.2) is 9.37 Å². The minimum atomic E-state index is -4.55. The molecule has 0 unspecified atom stereocenters. The first-order chi connectivity index (χ1) is 11.7. The van der Waals surface area contributed by atoms with E-state index < -0.39 is 17.8 Å². The normalized spacial score (nSPS) is 11.3. The zero-order chi connectivity index (χ0) is 18.6. The Labute approximate surface area is 142 Å². The summed E-state index contributed by atoms with van der Waals surface area (Å²) in [6, 6.07) is 7.32. The maximum absolute atomic E-state index is 12.8. The molecule has 0 fully saturated rings. The molecule has 1 amide bonds. The number of alkyl halides is 3. The number of carbonyl (C=O) groups excluding carboxylic acids is 1. The van der Waals surface area contributed by atoms with Crippen molar-refractivity contribution in [2.45, 2.75) is 13.1 Å². The Bertz CT molecular complexity index is 745. The molecule has 2 rings (SSSR count). The number of ether oxygens (including phenoxy) is 1. The Balaban J connectivity index is 1.96. The van der Waals surface area contributed by atoms with Gasteiger partial charge in [-0.05, 0) is 43.3 Å². The van der Waals surface area contributed by atoms with Gasteiger partial charge in [-0.1, -0.05) is 0 Å². The van der Waals surface area contributed by atoms with Crippen LogP contribution >= 0.6 is 0 Å². The van der Waals surface area contributed by atoms with E-state index >= 15 is 0 Å². The summed E-state index contributed by atoms with van der Waals surface area (Å²) in [6.45, 7) is 1.71. The summed E-state index contributed by atoms with van der Waals surface area (Å²) in [5.74, 6) is -0.388. The molecule has 0 radical (unpaired) electrons. The topological polar surface area (TPSA) is 42.4 Å². The van der Waals surface area contributed by atoms with E-state index in [1.54, 1.807) is 0 Å². The molecule has 0 saturated heterocycles. The monoisotopic (exact) mass is 356 g/mol. The lowest BCUT2D eigenvalue weighted by molar-refractivity contribution is -0.141. The van der Waals surface area contributed by atoms with Crippen LogP contribution in [0.15, 0.2) is 36.4 Å². The van der Waals surface area contributed by atoms with Crippen LogP contribution in [0.2, 0.25) is 0 Å². The molecule has 0 saturated carbocycles. The third-order valence-corrected chi connectivity index (χ3v) is 3.46. The molecule has 0 spiro atoms. The van der Waals surface area contributed by atoms with Crippen LogP contribution in [0.3, 0.4) is 0 Å². The smallest absolute Gasteiger partial charge is 0.433 e. The van der Waals surface area contributed by atoms with E-state index in [2.05, 4.69) is 4.98 Å². The second-order valence-corrected chi connectivity index (χ2v) is 5.36. The van der Waals surface area contributed by atoms with Crippen LogP contribution in [0.4, 0.5) is 17.6 Å². The maximum atomic E-state index is 12.8. The predicted octanol–water partition coefficient (Wildman–Crippen LogP) is 3.70. The van der Waals surface area contributed by atoms with Crippen molar-refractivity contribution in [1.82, 2.24) is 9.88 Å². The molecule has 1 aromatic carbocycles. The number of nitrogens with zero attached hydrogens (tertiary/aromatic N) is 2. The second-order valence-electron chi connectivity index (χ2n) is 5.36. The summed E-state index contributed by atoms with van der Waals surface area (Å²) < 4.78 is 56.0. The summed E-state index contributed by atoms with van der Waals surface area (Å²) in [4.78, 5) is 17.1. The van der Waals surface area contributed by atoms with Crippen LogP contribution in [0.25, 0.3) is 0 Å². The van der Waals surface area contributed by atoms with Gasteiger partial charge in [0, 0.05) is 7.05 Å². The van der Waals surface area contributed by atoms with E-state index in [4.69, 9.17) is 4.74 Å². The third kappa shape index (κ3) is 4.91. The van der Waals surface area contributed by atoms with Gasteiger partial charge in [0.15, 0.2) is 0 Å². The van der Waals surface area contributed by atoms with Gasteiger partial charge in [-0.2, -0.15) is 13.2 Å². The minimum absolute atomic E-state index is 0.00567. The number of amides is 1. The molecule has 0 atom stereocenters. The summed E-state index contributed by atoms with van der Waals surface area (Å²) >= 11 is 0. The molecule has 0 N–H and O–H groups in total. The van der Waals surface area contributed by atoms with E-state index in [-0.39, 0.29) is 30.2 Å². The highest BCUT2D eigenvalue weighted by Crippen LogP contribution is 2.28. The number of aryl methyl sites for hydroxylation is 1. The van der Waals surface area contributed by atoms with Crippen LogP contribution in [0.5, 0.6) is 5.75 Å². The number of aromatic nitrogens is 1. The zero-order valence-corrected chi connectivity index (χ0v) is 13.6. The van der Waals surface area contributed by atoms with Crippen LogP contribution in [-0.2, 0) is 6.18 Å². The lowest BCUT2D eigenvalue weighted by atomic mass is 10.1. The summed E-state index contributed by atoms with van der Waals surface area (Å²) in [7, 11) is 1.51. The predicted molar refractivity (Wildman–Crippen MR) is 82.8 cm³/mol. The van der Waals surface area contributed by atoms with Gasteiger partial charge >= 0.3 is 6.18 Å². The SMILES string of the molecule is Cc1nc(C(F)(F)F)ccc1C(=O)N(C)CCOc1ccc(F)cc1. The molecule has 4 nitrogen and oxygen atoms in total. The second kappa shape index (κ2) is 7.50. The van der Waals surface area contributed by atoms with Gasteiger partial charge in [0.1, 0.15) is 23.9 Å². The number of hydrogen-bond donors (Lipinski definition) is 0. The maximum Gasteiger partial charge on any atom is 0.433 e. The fraction of sp³-hybridized carbons (Fsp3) is 0.294. The van der Waals surface area contributed by atoms with E-state index in [0.29, 0.717) is 5.75 Å². The van der Waals surface area contributed by atoms with Crippen LogP contribution in [-0.4, -0.2) is 36.0 Å². The highest BCUT2D eigenvalue weighted by molar-refractivity contribution is 5.95. The number of pyridine rings is 1. The van der Waals surface area contributed by atoms with E-state index in [9.17, 15) is 22.4 Å². The average molecular weight is 356 g/mol. The first-order valence-corrected chi connectivity index (χ1v) is 7.37. The number of halogens is 4. The van der Waals surface area contributed by atoms with Gasteiger partial charge in [-0.15, -0.1) is 0 Å². The zero-order valence-electron chi connectivity index (χ0n) is 13.6. The van der Waals surface area contributed by atoms with Crippen molar-refractivity contribution in [3.63, 3.8) is 0 Å². The van der Waals surface area contributed by atoms with Gasteiger partial charge in [0.2, 0.25) is 0 Å². The van der Waals surface area contributed by atoms with E-state index in [1.807, 2.05) is 0 Å². The lowest BCUT2D eigenvalue weighted by Gasteiger charge is -2.19. The molecule has 0 aliphatic rings.